The lowest BCUT2D eigenvalue weighted by Gasteiger charge is -2.33. The van der Waals surface area contributed by atoms with Crippen molar-refractivity contribution in [2.75, 3.05) is 13.7 Å². The van der Waals surface area contributed by atoms with Crippen LogP contribution >= 0.6 is 0 Å². The van der Waals surface area contributed by atoms with Crippen LogP contribution in [0.25, 0.3) is 0 Å². The van der Waals surface area contributed by atoms with Crippen molar-refractivity contribution in [3.63, 3.8) is 0 Å². The zero-order valence-electron chi connectivity index (χ0n) is 16.1. The van der Waals surface area contributed by atoms with E-state index < -0.39 is 12.2 Å². The van der Waals surface area contributed by atoms with Crippen molar-refractivity contribution in [2.45, 2.75) is 50.5 Å². The topological polar surface area (TPSA) is 96.9 Å². The first kappa shape index (κ1) is 20.4. The number of benzene rings is 1. The Hall–Kier alpha value is -2.38. The SMILES string of the molecule is COc1cccc(CNC(=O)C[C@H]2C=C[C@@H](NC(=O)C3CCC3)[C@@H](CO)O2)c1. The van der Waals surface area contributed by atoms with Crippen LogP contribution in [0.2, 0.25) is 0 Å². The number of amides is 2. The molecule has 1 heterocycles. The molecule has 1 aromatic carbocycles. The third-order valence-electron chi connectivity index (χ3n) is 5.26. The van der Waals surface area contributed by atoms with Gasteiger partial charge in [-0.2, -0.15) is 0 Å². The molecule has 1 aliphatic heterocycles. The zero-order chi connectivity index (χ0) is 19.9. The van der Waals surface area contributed by atoms with E-state index in [9.17, 15) is 14.7 Å². The summed E-state index contributed by atoms with van der Waals surface area (Å²) in [6.45, 7) is 0.178. The zero-order valence-corrected chi connectivity index (χ0v) is 16.1. The van der Waals surface area contributed by atoms with E-state index in [2.05, 4.69) is 10.6 Å². The van der Waals surface area contributed by atoms with E-state index in [1.807, 2.05) is 30.3 Å². The van der Waals surface area contributed by atoms with Crippen molar-refractivity contribution in [2.24, 2.45) is 5.92 Å². The maximum absolute atomic E-state index is 12.2. The number of hydrogen-bond donors (Lipinski definition) is 3. The Balaban J connectivity index is 1.47. The Bertz CT molecular complexity index is 717. The number of methoxy groups -OCH3 is 1. The standard InChI is InChI=1S/C21H28N2O5/c1-27-16-7-2-4-14(10-16)12-22-20(25)11-17-8-9-18(19(13-24)28-17)23-21(26)15-5-3-6-15/h2,4,7-10,15,17-19,24H,3,5-6,11-13H2,1H3,(H,22,25)(H,23,26)/t17-,18-,19-/m1/s1. The average molecular weight is 388 g/mol. The lowest BCUT2D eigenvalue weighted by molar-refractivity contribution is -0.132. The van der Waals surface area contributed by atoms with Crippen LogP contribution in [0.5, 0.6) is 5.75 Å². The van der Waals surface area contributed by atoms with Gasteiger partial charge in [0.05, 0.1) is 32.3 Å². The molecule has 0 aromatic heterocycles. The largest absolute Gasteiger partial charge is 0.497 e. The molecule has 3 rings (SSSR count). The lowest BCUT2D eigenvalue weighted by atomic mass is 9.84. The normalized spacial score (nSPS) is 24.3. The number of carbonyl (C=O) groups excluding carboxylic acids is 2. The summed E-state index contributed by atoms with van der Waals surface area (Å²) in [6, 6.07) is 7.14. The summed E-state index contributed by atoms with van der Waals surface area (Å²) in [4.78, 5) is 24.4. The van der Waals surface area contributed by atoms with E-state index in [0.717, 1.165) is 30.6 Å². The van der Waals surface area contributed by atoms with E-state index >= 15 is 0 Å². The summed E-state index contributed by atoms with van der Waals surface area (Å²) in [5, 5.41) is 15.4. The molecule has 152 valence electrons. The molecular formula is C21H28N2O5. The van der Waals surface area contributed by atoms with E-state index in [4.69, 9.17) is 9.47 Å². The molecule has 7 nitrogen and oxygen atoms in total. The predicted octanol–water partition coefficient (Wildman–Crippen LogP) is 1.30. The van der Waals surface area contributed by atoms with Gasteiger partial charge in [-0.1, -0.05) is 30.7 Å². The molecule has 3 N–H and O–H groups in total. The third-order valence-corrected chi connectivity index (χ3v) is 5.26. The molecule has 1 fully saturated rings. The summed E-state index contributed by atoms with van der Waals surface area (Å²) in [6.07, 6.45) is 5.70. The van der Waals surface area contributed by atoms with Crippen LogP contribution < -0.4 is 15.4 Å². The molecule has 7 heteroatoms. The molecular weight excluding hydrogens is 360 g/mol. The Morgan fingerprint density at radius 2 is 2.11 bits per heavy atom. The smallest absolute Gasteiger partial charge is 0.223 e. The lowest BCUT2D eigenvalue weighted by Crippen LogP contribution is -2.51. The first-order valence-corrected chi connectivity index (χ1v) is 9.73. The van der Waals surface area contributed by atoms with Gasteiger partial charge in [-0.05, 0) is 30.5 Å². The molecule has 2 amide bonds. The van der Waals surface area contributed by atoms with Crippen molar-refractivity contribution in [3.05, 3.63) is 42.0 Å². The second-order valence-electron chi connectivity index (χ2n) is 7.28. The number of hydrogen-bond acceptors (Lipinski definition) is 5. The van der Waals surface area contributed by atoms with Gasteiger partial charge in [0.1, 0.15) is 11.9 Å². The van der Waals surface area contributed by atoms with Gasteiger partial charge >= 0.3 is 0 Å². The van der Waals surface area contributed by atoms with Gasteiger partial charge in [0, 0.05) is 12.5 Å². The first-order chi connectivity index (χ1) is 13.6. The number of ether oxygens (including phenoxy) is 2. The van der Waals surface area contributed by atoms with Gasteiger partial charge in [-0.15, -0.1) is 0 Å². The molecule has 0 saturated heterocycles. The molecule has 0 bridgehead atoms. The van der Waals surface area contributed by atoms with E-state index in [1.54, 1.807) is 13.2 Å². The van der Waals surface area contributed by atoms with Gasteiger partial charge in [0.25, 0.3) is 0 Å². The van der Waals surface area contributed by atoms with Gasteiger partial charge in [-0.3, -0.25) is 9.59 Å². The minimum Gasteiger partial charge on any atom is -0.497 e. The van der Waals surface area contributed by atoms with Crippen LogP contribution in [0, 0.1) is 5.92 Å². The molecule has 2 aliphatic rings. The van der Waals surface area contributed by atoms with Gasteiger partial charge in [0.2, 0.25) is 11.8 Å². The van der Waals surface area contributed by atoms with Gasteiger partial charge in [-0.25, -0.2) is 0 Å². The fourth-order valence-corrected chi connectivity index (χ4v) is 3.33. The van der Waals surface area contributed by atoms with Crippen LogP contribution in [0.3, 0.4) is 0 Å². The first-order valence-electron chi connectivity index (χ1n) is 9.73. The third kappa shape index (κ3) is 5.33. The second-order valence-corrected chi connectivity index (χ2v) is 7.28. The number of nitrogens with one attached hydrogen (secondary N) is 2. The Kier molecular flexibility index (Phi) is 7.06. The fourth-order valence-electron chi connectivity index (χ4n) is 3.33. The van der Waals surface area contributed by atoms with Crippen LogP contribution in [0.1, 0.15) is 31.2 Å². The fraction of sp³-hybridized carbons (Fsp3) is 0.524. The van der Waals surface area contributed by atoms with Crippen LogP contribution in [-0.4, -0.2) is 48.9 Å². The number of aliphatic hydroxyl groups excluding tert-OH is 1. The van der Waals surface area contributed by atoms with Gasteiger partial charge < -0.3 is 25.2 Å². The highest BCUT2D eigenvalue weighted by Crippen LogP contribution is 2.27. The van der Waals surface area contributed by atoms with Crippen molar-refractivity contribution in [3.8, 4) is 5.75 Å². The monoisotopic (exact) mass is 388 g/mol. The quantitative estimate of drug-likeness (QED) is 0.584. The highest BCUT2D eigenvalue weighted by atomic mass is 16.5. The Labute approximate surface area is 165 Å². The minimum atomic E-state index is -0.551. The second kappa shape index (κ2) is 9.71. The number of carbonyl (C=O) groups is 2. The van der Waals surface area contributed by atoms with Crippen LogP contribution in [0.15, 0.2) is 36.4 Å². The van der Waals surface area contributed by atoms with E-state index in [0.29, 0.717) is 6.54 Å². The van der Waals surface area contributed by atoms with Crippen molar-refractivity contribution in [1.82, 2.24) is 10.6 Å². The summed E-state index contributed by atoms with van der Waals surface area (Å²) >= 11 is 0. The summed E-state index contributed by atoms with van der Waals surface area (Å²) in [5.74, 6) is 0.683. The Morgan fingerprint density at radius 1 is 1.29 bits per heavy atom. The summed E-state index contributed by atoms with van der Waals surface area (Å²) in [5.41, 5.74) is 0.944. The van der Waals surface area contributed by atoms with Crippen LogP contribution in [0.4, 0.5) is 0 Å². The molecule has 0 radical (unpaired) electrons. The highest BCUT2D eigenvalue weighted by molar-refractivity contribution is 5.80. The van der Waals surface area contributed by atoms with Crippen molar-refractivity contribution in [1.29, 1.82) is 0 Å². The molecule has 1 saturated carbocycles. The molecule has 1 aromatic rings. The van der Waals surface area contributed by atoms with Crippen molar-refractivity contribution < 1.29 is 24.2 Å². The molecule has 3 atom stereocenters. The maximum Gasteiger partial charge on any atom is 0.223 e. The maximum atomic E-state index is 12.2. The predicted molar refractivity (Wildman–Crippen MR) is 104 cm³/mol. The number of aliphatic hydroxyl groups is 1. The van der Waals surface area contributed by atoms with Crippen molar-refractivity contribution >= 4 is 11.8 Å². The molecule has 1 aliphatic carbocycles. The molecule has 28 heavy (non-hydrogen) atoms. The highest BCUT2D eigenvalue weighted by Gasteiger charge is 2.32. The summed E-state index contributed by atoms with van der Waals surface area (Å²) in [7, 11) is 1.60. The minimum absolute atomic E-state index is 0.0115. The van der Waals surface area contributed by atoms with E-state index in [-0.39, 0.29) is 36.8 Å². The number of rotatable bonds is 8. The molecule has 0 unspecified atom stereocenters. The van der Waals surface area contributed by atoms with Crippen LogP contribution in [-0.2, 0) is 20.9 Å². The summed E-state index contributed by atoms with van der Waals surface area (Å²) < 4.78 is 11.0. The Morgan fingerprint density at radius 3 is 2.79 bits per heavy atom. The molecule has 0 spiro atoms. The van der Waals surface area contributed by atoms with E-state index in [1.165, 1.54) is 0 Å². The van der Waals surface area contributed by atoms with Gasteiger partial charge in [0.15, 0.2) is 0 Å². The average Bonchev–Trinajstić information content (AvgIpc) is 2.66.